The number of piperidine rings is 1. The molecule has 2 bridgehead atoms. The number of nitrogens with one attached hydrogen (secondary N) is 2. The SMILES string of the molecule is COc1cccc(C(=O)N[C@H]2C[C@H]3CC[C@@H](C2)N3c2ccc(C(=O)NC(C)c3ccccc3)cn2)c1C. The lowest BCUT2D eigenvalue weighted by Crippen LogP contribution is -2.50. The molecule has 2 aromatic carbocycles. The van der Waals surface area contributed by atoms with Gasteiger partial charge in [-0.1, -0.05) is 36.4 Å². The number of pyridine rings is 1. The number of ether oxygens (including phenoxy) is 1. The van der Waals surface area contributed by atoms with E-state index in [0.29, 0.717) is 23.2 Å². The summed E-state index contributed by atoms with van der Waals surface area (Å²) in [6.07, 6.45) is 5.58. The second-order valence-electron chi connectivity index (χ2n) is 10.1. The largest absolute Gasteiger partial charge is 0.496 e. The van der Waals surface area contributed by atoms with Gasteiger partial charge in [-0.3, -0.25) is 9.59 Å². The standard InChI is InChI=1S/C30H34N4O3/c1-19-26(10-7-11-27(19)37-3)30(36)33-23-16-24-13-14-25(17-23)34(24)28-15-12-22(18-31-28)29(35)32-20(2)21-8-5-4-6-9-21/h4-12,15,18,20,23-25H,13-14,16-17H2,1-3H3,(H,32,35)(H,33,36)/t20?,23-,24+,25-. The highest BCUT2D eigenvalue weighted by molar-refractivity contribution is 5.96. The summed E-state index contributed by atoms with van der Waals surface area (Å²) in [5.41, 5.74) is 3.13. The van der Waals surface area contributed by atoms with Crippen molar-refractivity contribution < 1.29 is 14.3 Å². The highest BCUT2D eigenvalue weighted by Crippen LogP contribution is 2.38. The fraction of sp³-hybridized carbons (Fsp3) is 0.367. The van der Waals surface area contributed by atoms with Crippen LogP contribution in [0.15, 0.2) is 66.9 Å². The van der Waals surface area contributed by atoms with Gasteiger partial charge in [-0.25, -0.2) is 4.98 Å². The number of methoxy groups -OCH3 is 1. The molecule has 37 heavy (non-hydrogen) atoms. The zero-order valence-electron chi connectivity index (χ0n) is 21.6. The predicted octanol–water partition coefficient (Wildman–Crippen LogP) is 4.82. The van der Waals surface area contributed by atoms with Crippen molar-refractivity contribution in [3.05, 3.63) is 89.1 Å². The Hall–Kier alpha value is -3.87. The Morgan fingerprint density at radius 3 is 2.35 bits per heavy atom. The molecule has 5 rings (SSSR count). The fourth-order valence-corrected chi connectivity index (χ4v) is 5.79. The van der Waals surface area contributed by atoms with Gasteiger partial charge in [0.25, 0.3) is 11.8 Å². The topological polar surface area (TPSA) is 83.6 Å². The first-order valence-corrected chi connectivity index (χ1v) is 13.0. The number of benzene rings is 2. The van der Waals surface area contributed by atoms with Crippen molar-refractivity contribution in [1.82, 2.24) is 15.6 Å². The molecule has 1 unspecified atom stereocenters. The summed E-state index contributed by atoms with van der Waals surface area (Å²) >= 11 is 0. The minimum Gasteiger partial charge on any atom is -0.496 e. The van der Waals surface area contributed by atoms with Crippen molar-refractivity contribution in [3.63, 3.8) is 0 Å². The molecule has 3 heterocycles. The Labute approximate surface area is 218 Å². The number of carbonyl (C=O) groups is 2. The summed E-state index contributed by atoms with van der Waals surface area (Å²) in [7, 11) is 1.62. The van der Waals surface area contributed by atoms with Crippen molar-refractivity contribution in [1.29, 1.82) is 0 Å². The normalized spacial score (nSPS) is 21.3. The molecule has 0 saturated carbocycles. The number of carbonyl (C=O) groups excluding carboxylic acids is 2. The van der Waals surface area contributed by atoms with Gasteiger partial charge in [0, 0.05) is 35.4 Å². The third-order valence-electron chi connectivity index (χ3n) is 7.74. The number of aromatic nitrogens is 1. The van der Waals surface area contributed by atoms with Gasteiger partial charge in [0.05, 0.1) is 18.7 Å². The van der Waals surface area contributed by atoms with Crippen LogP contribution in [-0.4, -0.2) is 42.0 Å². The number of fused-ring (bicyclic) bond motifs is 2. The van der Waals surface area contributed by atoms with Crippen LogP contribution in [0.25, 0.3) is 0 Å². The van der Waals surface area contributed by atoms with Crippen molar-refractivity contribution in [2.45, 2.75) is 63.7 Å². The summed E-state index contributed by atoms with van der Waals surface area (Å²) < 4.78 is 5.38. The first kappa shape index (κ1) is 24.8. The Bertz CT molecular complexity index is 1250. The molecule has 192 valence electrons. The van der Waals surface area contributed by atoms with E-state index in [0.717, 1.165) is 48.4 Å². The molecule has 2 aliphatic rings. The van der Waals surface area contributed by atoms with Crippen LogP contribution in [0.3, 0.4) is 0 Å². The van der Waals surface area contributed by atoms with Crippen LogP contribution in [-0.2, 0) is 0 Å². The molecule has 0 radical (unpaired) electrons. The van der Waals surface area contributed by atoms with E-state index in [-0.39, 0.29) is 23.9 Å². The van der Waals surface area contributed by atoms with E-state index >= 15 is 0 Å². The molecule has 2 N–H and O–H groups in total. The minimum atomic E-state index is -0.132. The molecule has 0 aliphatic carbocycles. The van der Waals surface area contributed by atoms with E-state index in [9.17, 15) is 9.59 Å². The van der Waals surface area contributed by atoms with Gasteiger partial charge in [-0.05, 0) is 69.4 Å². The van der Waals surface area contributed by atoms with Gasteiger partial charge < -0.3 is 20.3 Å². The van der Waals surface area contributed by atoms with E-state index in [4.69, 9.17) is 4.74 Å². The van der Waals surface area contributed by atoms with Crippen LogP contribution in [0.4, 0.5) is 5.82 Å². The quantitative estimate of drug-likeness (QED) is 0.488. The van der Waals surface area contributed by atoms with E-state index in [1.165, 1.54) is 0 Å². The molecule has 1 aromatic heterocycles. The molecule has 3 aromatic rings. The molecule has 7 nitrogen and oxygen atoms in total. The zero-order chi connectivity index (χ0) is 25.9. The molecular weight excluding hydrogens is 464 g/mol. The van der Waals surface area contributed by atoms with Gasteiger partial charge in [0.1, 0.15) is 11.6 Å². The number of amides is 2. The average molecular weight is 499 g/mol. The van der Waals surface area contributed by atoms with E-state index in [1.807, 2.05) is 74.5 Å². The Kier molecular flexibility index (Phi) is 7.12. The Morgan fingerprint density at radius 2 is 1.70 bits per heavy atom. The maximum Gasteiger partial charge on any atom is 0.253 e. The van der Waals surface area contributed by atoms with Crippen molar-refractivity contribution in [2.75, 3.05) is 12.0 Å². The van der Waals surface area contributed by atoms with Crippen LogP contribution in [0, 0.1) is 6.92 Å². The molecule has 7 heteroatoms. The predicted molar refractivity (Wildman–Crippen MR) is 144 cm³/mol. The smallest absolute Gasteiger partial charge is 0.253 e. The molecule has 2 aliphatic heterocycles. The lowest BCUT2D eigenvalue weighted by molar-refractivity contribution is 0.0922. The lowest BCUT2D eigenvalue weighted by atomic mass is 9.96. The second kappa shape index (κ2) is 10.6. The van der Waals surface area contributed by atoms with Crippen molar-refractivity contribution >= 4 is 17.6 Å². The summed E-state index contributed by atoms with van der Waals surface area (Å²) in [5, 5.41) is 6.31. The number of rotatable bonds is 7. The monoisotopic (exact) mass is 498 g/mol. The average Bonchev–Trinajstić information content (AvgIpc) is 3.19. The second-order valence-corrected chi connectivity index (χ2v) is 10.1. The van der Waals surface area contributed by atoms with E-state index in [2.05, 4.69) is 20.5 Å². The lowest BCUT2D eigenvalue weighted by Gasteiger charge is -2.40. The van der Waals surface area contributed by atoms with Crippen LogP contribution >= 0.6 is 0 Å². The summed E-state index contributed by atoms with van der Waals surface area (Å²) in [4.78, 5) is 32.9. The zero-order valence-corrected chi connectivity index (χ0v) is 21.6. The first-order chi connectivity index (χ1) is 17.9. The molecule has 0 spiro atoms. The Balaban J connectivity index is 1.21. The van der Waals surface area contributed by atoms with Crippen LogP contribution in [0.5, 0.6) is 5.75 Å². The molecule has 2 amide bonds. The minimum absolute atomic E-state index is 0.0486. The number of nitrogens with zero attached hydrogens (tertiary/aromatic N) is 2. The molecule has 2 fully saturated rings. The number of anilines is 1. The maximum absolute atomic E-state index is 13.0. The van der Waals surface area contributed by atoms with E-state index < -0.39 is 0 Å². The van der Waals surface area contributed by atoms with Gasteiger partial charge >= 0.3 is 0 Å². The van der Waals surface area contributed by atoms with Crippen molar-refractivity contribution in [3.8, 4) is 5.75 Å². The van der Waals surface area contributed by atoms with Gasteiger partial charge in [-0.15, -0.1) is 0 Å². The van der Waals surface area contributed by atoms with E-state index in [1.54, 1.807) is 13.3 Å². The third kappa shape index (κ3) is 5.17. The highest BCUT2D eigenvalue weighted by Gasteiger charge is 2.42. The van der Waals surface area contributed by atoms with Crippen LogP contribution < -0.4 is 20.3 Å². The number of hydrogen-bond acceptors (Lipinski definition) is 5. The van der Waals surface area contributed by atoms with Gasteiger partial charge in [-0.2, -0.15) is 0 Å². The Morgan fingerprint density at radius 1 is 0.973 bits per heavy atom. The van der Waals surface area contributed by atoms with Crippen molar-refractivity contribution in [2.24, 2.45) is 0 Å². The van der Waals surface area contributed by atoms with Crippen LogP contribution in [0.1, 0.15) is 70.5 Å². The maximum atomic E-state index is 13.0. The first-order valence-electron chi connectivity index (χ1n) is 13.0. The fourth-order valence-electron chi connectivity index (χ4n) is 5.79. The van der Waals surface area contributed by atoms with Gasteiger partial charge in [0.2, 0.25) is 0 Å². The molecule has 2 saturated heterocycles. The third-order valence-corrected chi connectivity index (χ3v) is 7.74. The summed E-state index contributed by atoms with van der Waals surface area (Å²) in [6.45, 7) is 3.89. The van der Waals surface area contributed by atoms with Crippen LogP contribution in [0.2, 0.25) is 0 Å². The highest BCUT2D eigenvalue weighted by atomic mass is 16.5. The molecular formula is C30H34N4O3. The summed E-state index contributed by atoms with van der Waals surface area (Å²) in [5.74, 6) is 1.44. The molecule has 4 atom stereocenters. The number of hydrogen-bond donors (Lipinski definition) is 2. The van der Waals surface area contributed by atoms with Gasteiger partial charge in [0.15, 0.2) is 0 Å². The summed E-state index contributed by atoms with van der Waals surface area (Å²) in [6, 6.07) is 20.0.